The van der Waals surface area contributed by atoms with Crippen LogP contribution >= 0.6 is 0 Å². The smallest absolute Gasteiger partial charge is 0.405 e. The number of carbonyl (C=O) groups is 2. The first-order valence-electron chi connectivity index (χ1n) is 11.7. The molecular formula is C25H28N4O6S. The lowest BCUT2D eigenvalue weighted by Gasteiger charge is -2.35. The maximum Gasteiger partial charge on any atom is 0.405 e. The summed E-state index contributed by atoms with van der Waals surface area (Å²) in [6.45, 7) is 1.67. The molecule has 2 amide bonds. The van der Waals surface area contributed by atoms with Gasteiger partial charge in [0.05, 0.1) is 16.9 Å². The van der Waals surface area contributed by atoms with E-state index in [4.69, 9.17) is 4.74 Å². The number of ether oxygens (including phenoxy) is 1. The Balaban J connectivity index is 1.41. The van der Waals surface area contributed by atoms with E-state index in [2.05, 4.69) is 16.7 Å². The van der Waals surface area contributed by atoms with E-state index >= 15 is 0 Å². The molecule has 2 fully saturated rings. The Bertz CT molecular complexity index is 1240. The molecule has 2 saturated heterocycles. The number of hydrogen-bond acceptors (Lipinski definition) is 6. The normalized spacial score (nSPS) is 18.3. The second kappa shape index (κ2) is 10.7. The van der Waals surface area contributed by atoms with E-state index in [9.17, 15) is 28.4 Å². The zero-order chi connectivity index (χ0) is 25.8. The average Bonchev–Trinajstić information content (AvgIpc) is 2.83. The third kappa shape index (κ3) is 5.36. The van der Waals surface area contributed by atoms with Crippen molar-refractivity contribution in [2.24, 2.45) is 0 Å². The lowest BCUT2D eigenvalue weighted by molar-refractivity contribution is -0.131. The minimum absolute atomic E-state index is 0.0294. The Morgan fingerprint density at radius 1 is 1.06 bits per heavy atom. The topological polar surface area (TPSA) is 149 Å². The van der Waals surface area contributed by atoms with Crippen LogP contribution in [0.4, 0.5) is 4.79 Å². The Morgan fingerprint density at radius 2 is 1.64 bits per heavy atom. The first-order valence-corrected chi connectivity index (χ1v) is 13.2. The van der Waals surface area contributed by atoms with Gasteiger partial charge in [0.25, 0.3) is 0 Å². The highest BCUT2D eigenvalue weighted by atomic mass is 32.2. The van der Waals surface area contributed by atoms with E-state index in [1.807, 2.05) is 12.1 Å². The van der Waals surface area contributed by atoms with Gasteiger partial charge in [-0.1, -0.05) is 36.4 Å². The van der Waals surface area contributed by atoms with Gasteiger partial charge >= 0.3 is 6.09 Å². The molecule has 3 N–H and O–H groups in total. The van der Waals surface area contributed by atoms with E-state index in [-0.39, 0.29) is 37.5 Å². The Morgan fingerprint density at radius 3 is 2.14 bits per heavy atom. The molecule has 4 rings (SSSR count). The standard InChI is InChI=1S/C25H28N4O6S/c26-16-21(17-27-23(30)25(28-24(31)32)10-14-35-15-11-25)20-4-2-18(3-5-20)19-6-8-22(9-7-19)36(33,34)29-12-1-13-29/h2-9,21,28H,1,10-15,17H2,(H,27,30)(H,31,32). The van der Waals surface area contributed by atoms with Crippen molar-refractivity contribution in [2.45, 2.75) is 35.6 Å². The molecular weight excluding hydrogens is 484 g/mol. The molecule has 11 heteroatoms. The Hall–Kier alpha value is -3.46. The summed E-state index contributed by atoms with van der Waals surface area (Å²) in [5.41, 5.74) is 1.13. The number of nitrogens with zero attached hydrogens (tertiary/aromatic N) is 2. The van der Waals surface area contributed by atoms with Crippen molar-refractivity contribution < 1.29 is 27.9 Å². The van der Waals surface area contributed by atoms with Gasteiger partial charge in [0, 0.05) is 45.7 Å². The van der Waals surface area contributed by atoms with Gasteiger partial charge in [-0.3, -0.25) is 4.79 Å². The Labute approximate surface area is 209 Å². The molecule has 2 aromatic carbocycles. The minimum atomic E-state index is -3.44. The van der Waals surface area contributed by atoms with E-state index in [0.29, 0.717) is 18.7 Å². The molecule has 0 aromatic heterocycles. The lowest BCUT2D eigenvalue weighted by Crippen LogP contribution is -2.61. The molecule has 0 aliphatic carbocycles. The predicted molar refractivity (Wildman–Crippen MR) is 131 cm³/mol. The molecule has 2 aliphatic rings. The number of sulfonamides is 1. The largest absolute Gasteiger partial charge is 0.465 e. The second-order valence-corrected chi connectivity index (χ2v) is 10.9. The maximum absolute atomic E-state index is 12.9. The fourth-order valence-corrected chi connectivity index (χ4v) is 5.86. The van der Waals surface area contributed by atoms with Crippen LogP contribution in [-0.2, 0) is 19.6 Å². The quantitative estimate of drug-likeness (QED) is 0.491. The number of rotatable bonds is 8. The second-order valence-electron chi connectivity index (χ2n) is 8.92. The molecule has 2 heterocycles. The van der Waals surface area contributed by atoms with Crippen LogP contribution < -0.4 is 10.6 Å². The van der Waals surface area contributed by atoms with Crippen LogP contribution in [0.5, 0.6) is 0 Å². The van der Waals surface area contributed by atoms with Crippen LogP contribution in [0.2, 0.25) is 0 Å². The molecule has 0 radical (unpaired) electrons. The van der Waals surface area contributed by atoms with Crippen LogP contribution in [0.25, 0.3) is 11.1 Å². The highest BCUT2D eigenvalue weighted by molar-refractivity contribution is 7.89. The summed E-state index contributed by atoms with van der Waals surface area (Å²) in [6.07, 6.45) is 0.0295. The molecule has 0 saturated carbocycles. The first-order chi connectivity index (χ1) is 17.2. The summed E-state index contributed by atoms with van der Waals surface area (Å²) in [5, 5.41) is 23.9. The van der Waals surface area contributed by atoms with E-state index < -0.39 is 33.5 Å². The van der Waals surface area contributed by atoms with Crippen molar-refractivity contribution in [3.05, 3.63) is 54.1 Å². The number of amides is 2. The summed E-state index contributed by atoms with van der Waals surface area (Å²) in [7, 11) is -3.44. The molecule has 1 unspecified atom stereocenters. The number of nitriles is 1. The molecule has 10 nitrogen and oxygen atoms in total. The molecule has 1 atom stereocenters. The summed E-state index contributed by atoms with van der Waals surface area (Å²) < 4.78 is 31.8. The van der Waals surface area contributed by atoms with E-state index in [0.717, 1.165) is 17.5 Å². The fourth-order valence-electron chi connectivity index (χ4n) is 4.34. The van der Waals surface area contributed by atoms with Gasteiger partial charge in [-0.2, -0.15) is 9.57 Å². The van der Waals surface area contributed by atoms with Gasteiger partial charge in [0.1, 0.15) is 5.54 Å². The fraction of sp³-hybridized carbons (Fsp3) is 0.400. The van der Waals surface area contributed by atoms with Crippen molar-refractivity contribution >= 4 is 22.0 Å². The number of carboxylic acid groups (broad SMARTS) is 1. The van der Waals surface area contributed by atoms with Gasteiger partial charge in [-0.15, -0.1) is 0 Å². The molecule has 190 valence electrons. The van der Waals surface area contributed by atoms with Crippen molar-refractivity contribution in [1.82, 2.24) is 14.9 Å². The number of benzene rings is 2. The van der Waals surface area contributed by atoms with Crippen LogP contribution in [0.15, 0.2) is 53.4 Å². The van der Waals surface area contributed by atoms with Crippen molar-refractivity contribution in [2.75, 3.05) is 32.8 Å². The van der Waals surface area contributed by atoms with Gasteiger partial charge in [0.2, 0.25) is 15.9 Å². The summed E-state index contributed by atoms with van der Waals surface area (Å²) in [5.74, 6) is -1.10. The van der Waals surface area contributed by atoms with Crippen LogP contribution in [0.1, 0.15) is 30.7 Å². The highest BCUT2D eigenvalue weighted by Crippen LogP contribution is 2.27. The SMILES string of the molecule is N#CC(CNC(=O)C1(NC(=O)O)CCOCC1)c1ccc(-c2ccc(S(=O)(=O)N3CCC3)cc2)cc1. The summed E-state index contributed by atoms with van der Waals surface area (Å²) in [4.78, 5) is 24.4. The summed E-state index contributed by atoms with van der Waals surface area (Å²) in [6, 6.07) is 16.2. The molecule has 2 aliphatic heterocycles. The predicted octanol–water partition coefficient (Wildman–Crippen LogP) is 2.29. The number of carbonyl (C=O) groups excluding carboxylic acids is 1. The van der Waals surface area contributed by atoms with Gasteiger partial charge in [0.15, 0.2) is 0 Å². The van der Waals surface area contributed by atoms with E-state index in [1.54, 1.807) is 36.4 Å². The lowest BCUT2D eigenvalue weighted by atomic mass is 9.88. The Kier molecular flexibility index (Phi) is 7.59. The summed E-state index contributed by atoms with van der Waals surface area (Å²) >= 11 is 0. The van der Waals surface area contributed by atoms with Crippen LogP contribution in [-0.4, -0.2) is 68.2 Å². The molecule has 0 spiro atoms. The number of hydrogen-bond donors (Lipinski definition) is 3. The molecule has 36 heavy (non-hydrogen) atoms. The van der Waals surface area contributed by atoms with Gasteiger partial charge in [-0.05, 0) is 35.2 Å². The molecule has 2 aromatic rings. The van der Waals surface area contributed by atoms with Gasteiger partial charge in [-0.25, -0.2) is 13.2 Å². The first kappa shape index (κ1) is 25.6. The van der Waals surface area contributed by atoms with Gasteiger partial charge < -0.3 is 20.5 Å². The van der Waals surface area contributed by atoms with Crippen LogP contribution in [0.3, 0.4) is 0 Å². The third-order valence-corrected chi connectivity index (χ3v) is 8.62. The average molecular weight is 513 g/mol. The molecule has 0 bridgehead atoms. The van der Waals surface area contributed by atoms with Crippen LogP contribution in [0, 0.1) is 11.3 Å². The zero-order valence-electron chi connectivity index (χ0n) is 19.6. The van der Waals surface area contributed by atoms with Crippen molar-refractivity contribution in [1.29, 1.82) is 5.26 Å². The maximum atomic E-state index is 12.9. The zero-order valence-corrected chi connectivity index (χ0v) is 20.5. The van der Waals surface area contributed by atoms with E-state index in [1.165, 1.54) is 4.31 Å². The van der Waals surface area contributed by atoms with Crippen molar-refractivity contribution in [3.8, 4) is 17.2 Å². The third-order valence-electron chi connectivity index (χ3n) is 6.70. The van der Waals surface area contributed by atoms with Crippen molar-refractivity contribution in [3.63, 3.8) is 0 Å². The number of nitrogens with one attached hydrogen (secondary N) is 2. The minimum Gasteiger partial charge on any atom is -0.465 e. The monoisotopic (exact) mass is 512 g/mol. The highest BCUT2D eigenvalue weighted by Gasteiger charge is 2.41.